The van der Waals surface area contributed by atoms with Crippen molar-refractivity contribution in [1.82, 2.24) is 10.6 Å². The Labute approximate surface area is 78.1 Å². The van der Waals surface area contributed by atoms with Crippen molar-refractivity contribution in [1.29, 1.82) is 0 Å². The third kappa shape index (κ3) is 6.10. The Bertz CT molecular complexity index is 182. The summed E-state index contributed by atoms with van der Waals surface area (Å²) in [4.78, 5) is 21.8. The molecule has 5 heteroatoms. The molecule has 76 valence electrons. The molecule has 0 aliphatic heterocycles. The van der Waals surface area contributed by atoms with E-state index in [1.165, 1.54) is 7.05 Å². The maximum Gasteiger partial charge on any atom is 0.239 e. The molecule has 4 N–H and O–H groups in total. The summed E-state index contributed by atoms with van der Waals surface area (Å²) in [5.74, 6) is -0.181. The lowest BCUT2D eigenvalue weighted by molar-refractivity contribution is -0.126. The molecule has 2 amide bonds. The van der Waals surface area contributed by atoms with Gasteiger partial charge in [-0.05, 0) is 12.5 Å². The lowest BCUT2D eigenvalue weighted by Crippen LogP contribution is -2.36. The fourth-order valence-electron chi connectivity index (χ4n) is 0.739. The van der Waals surface area contributed by atoms with E-state index in [0.717, 1.165) is 0 Å². The maximum atomic E-state index is 11.1. The van der Waals surface area contributed by atoms with Crippen LogP contribution in [-0.4, -0.2) is 32.0 Å². The molecule has 0 spiro atoms. The Hall–Kier alpha value is -1.10. The summed E-state index contributed by atoms with van der Waals surface area (Å²) in [5, 5.41) is 4.90. The van der Waals surface area contributed by atoms with Crippen molar-refractivity contribution >= 4 is 11.8 Å². The number of hydrogen-bond donors (Lipinski definition) is 3. The van der Waals surface area contributed by atoms with Gasteiger partial charge in [0.2, 0.25) is 11.8 Å². The molecule has 0 saturated heterocycles. The second kappa shape index (κ2) is 6.42. The molecule has 0 radical (unpaired) electrons. The Morgan fingerprint density at radius 3 is 2.46 bits per heavy atom. The van der Waals surface area contributed by atoms with Gasteiger partial charge in [-0.15, -0.1) is 0 Å². The highest BCUT2D eigenvalue weighted by atomic mass is 16.2. The number of amides is 2. The minimum Gasteiger partial charge on any atom is -0.358 e. The fourth-order valence-corrected chi connectivity index (χ4v) is 0.739. The second-order valence-corrected chi connectivity index (χ2v) is 2.99. The molecule has 0 saturated carbocycles. The van der Waals surface area contributed by atoms with E-state index in [9.17, 15) is 9.59 Å². The van der Waals surface area contributed by atoms with Crippen LogP contribution in [-0.2, 0) is 9.59 Å². The summed E-state index contributed by atoms with van der Waals surface area (Å²) < 4.78 is 0. The average Bonchev–Trinajstić information content (AvgIpc) is 2.13. The third-order valence-electron chi connectivity index (χ3n) is 1.66. The number of likely N-dealkylation sites (N-methyl/N-ethyl adjacent to an activating group) is 1. The van der Waals surface area contributed by atoms with E-state index in [4.69, 9.17) is 5.73 Å². The fraction of sp³-hybridized carbons (Fsp3) is 0.750. The lowest BCUT2D eigenvalue weighted by atomic mass is 10.1. The summed E-state index contributed by atoms with van der Waals surface area (Å²) in [6, 6.07) is 0. The minimum absolute atomic E-state index is 0.0343. The van der Waals surface area contributed by atoms with Crippen molar-refractivity contribution in [3.63, 3.8) is 0 Å². The molecular formula is C8H17N3O2. The van der Waals surface area contributed by atoms with E-state index in [-0.39, 0.29) is 24.3 Å². The molecule has 0 aromatic rings. The lowest BCUT2D eigenvalue weighted by Gasteiger charge is -2.08. The Morgan fingerprint density at radius 1 is 1.38 bits per heavy atom. The van der Waals surface area contributed by atoms with Gasteiger partial charge in [-0.3, -0.25) is 9.59 Å². The number of rotatable bonds is 5. The molecule has 5 nitrogen and oxygen atoms in total. The van der Waals surface area contributed by atoms with Crippen LogP contribution < -0.4 is 16.4 Å². The predicted molar refractivity (Wildman–Crippen MR) is 49.9 cm³/mol. The van der Waals surface area contributed by atoms with Gasteiger partial charge in [0.15, 0.2) is 0 Å². The number of carbonyl (C=O) groups excluding carboxylic acids is 2. The van der Waals surface area contributed by atoms with Crippen molar-refractivity contribution in [2.24, 2.45) is 11.7 Å². The Kier molecular flexibility index (Phi) is 5.88. The van der Waals surface area contributed by atoms with Gasteiger partial charge in [0.05, 0.1) is 6.54 Å². The molecule has 0 heterocycles. The summed E-state index contributed by atoms with van der Waals surface area (Å²) in [6.45, 7) is 2.40. The molecule has 0 bridgehead atoms. The SMILES string of the molecule is CNC(=O)CNC(=O)CC(C)CN. The van der Waals surface area contributed by atoms with Crippen LogP contribution in [0.2, 0.25) is 0 Å². The highest BCUT2D eigenvalue weighted by Crippen LogP contribution is 1.97. The summed E-state index contributed by atoms with van der Waals surface area (Å²) in [6.07, 6.45) is 0.369. The molecule has 0 rings (SSSR count). The van der Waals surface area contributed by atoms with Crippen molar-refractivity contribution < 1.29 is 9.59 Å². The maximum absolute atomic E-state index is 11.1. The molecule has 1 atom stereocenters. The summed E-state index contributed by atoms with van der Waals surface area (Å²) in [5.41, 5.74) is 5.34. The number of hydrogen-bond acceptors (Lipinski definition) is 3. The first-order chi connectivity index (χ1) is 6.10. The van der Waals surface area contributed by atoms with Gasteiger partial charge in [0, 0.05) is 13.5 Å². The topological polar surface area (TPSA) is 84.2 Å². The quantitative estimate of drug-likeness (QED) is 0.507. The largest absolute Gasteiger partial charge is 0.358 e. The van der Waals surface area contributed by atoms with Crippen LogP contribution in [0.3, 0.4) is 0 Å². The molecule has 0 aromatic carbocycles. The number of nitrogens with two attached hydrogens (primary N) is 1. The van der Waals surface area contributed by atoms with Crippen LogP contribution in [0.15, 0.2) is 0 Å². The molecule has 1 unspecified atom stereocenters. The van der Waals surface area contributed by atoms with E-state index in [0.29, 0.717) is 13.0 Å². The van der Waals surface area contributed by atoms with E-state index < -0.39 is 0 Å². The predicted octanol–water partition coefficient (Wildman–Crippen LogP) is -1.17. The second-order valence-electron chi connectivity index (χ2n) is 2.99. The third-order valence-corrected chi connectivity index (χ3v) is 1.66. The first kappa shape index (κ1) is 11.9. The van der Waals surface area contributed by atoms with Crippen LogP contribution in [0.1, 0.15) is 13.3 Å². The van der Waals surface area contributed by atoms with Crippen LogP contribution >= 0.6 is 0 Å². The van der Waals surface area contributed by atoms with Crippen molar-refractivity contribution in [3.8, 4) is 0 Å². The normalized spacial score (nSPS) is 11.9. The Morgan fingerprint density at radius 2 is 2.00 bits per heavy atom. The van der Waals surface area contributed by atoms with E-state index >= 15 is 0 Å². The summed E-state index contributed by atoms with van der Waals surface area (Å²) in [7, 11) is 1.52. The first-order valence-corrected chi connectivity index (χ1v) is 4.27. The van der Waals surface area contributed by atoms with Crippen molar-refractivity contribution in [2.75, 3.05) is 20.1 Å². The van der Waals surface area contributed by atoms with Crippen LogP contribution in [0, 0.1) is 5.92 Å². The number of carbonyl (C=O) groups is 2. The van der Waals surface area contributed by atoms with Gasteiger partial charge >= 0.3 is 0 Å². The van der Waals surface area contributed by atoms with E-state index in [2.05, 4.69) is 10.6 Å². The van der Waals surface area contributed by atoms with Crippen LogP contribution in [0.4, 0.5) is 0 Å². The van der Waals surface area contributed by atoms with Gasteiger partial charge in [-0.2, -0.15) is 0 Å². The summed E-state index contributed by atoms with van der Waals surface area (Å²) >= 11 is 0. The van der Waals surface area contributed by atoms with Gasteiger partial charge in [-0.25, -0.2) is 0 Å². The van der Waals surface area contributed by atoms with Gasteiger partial charge < -0.3 is 16.4 Å². The molecule has 0 aliphatic carbocycles. The molecule has 0 fully saturated rings. The Balaban J connectivity index is 3.57. The number of nitrogens with one attached hydrogen (secondary N) is 2. The average molecular weight is 187 g/mol. The van der Waals surface area contributed by atoms with Gasteiger partial charge in [-0.1, -0.05) is 6.92 Å². The zero-order chi connectivity index (χ0) is 10.3. The zero-order valence-electron chi connectivity index (χ0n) is 8.09. The molecule has 13 heavy (non-hydrogen) atoms. The van der Waals surface area contributed by atoms with E-state index in [1.54, 1.807) is 0 Å². The first-order valence-electron chi connectivity index (χ1n) is 4.27. The molecule has 0 aliphatic rings. The van der Waals surface area contributed by atoms with Gasteiger partial charge in [0.1, 0.15) is 0 Å². The van der Waals surface area contributed by atoms with Crippen LogP contribution in [0.5, 0.6) is 0 Å². The van der Waals surface area contributed by atoms with Crippen molar-refractivity contribution in [3.05, 3.63) is 0 Å². The monoisotopic (exact) mass is 187 g/mol. The van der Waals surface area contributed by atoms with Crippen LogP contribution in [0.25, 0.3) is 0 Å². The molecule has 0 aromatic heterocycles. The van der Waals surface area contributed by atoms with Gasteiger partial charge in [0.25, 0.3) is 0 Å². The van der Waals surface area contributed by atoms with E-state index in [1.807, 2.05) is 6.92 Å². The zero-order valence-corrected chi connectivity index (χ0v) is 8.09. The highest BCUT2D eigenvalue weighted by molar-refractivity contribution is 5.84. The van der Waals surface area contributed by atoms with Crippen molar-refractivity contribution in [2.45, 2.75) is 13.3 Å². The minimum atomic E-state index is -0.200. The molecular weight excluding hydrogens is 170 g/mol. The smallest absolute Gasteiger partial charge is 0.239 e. The standard InChI is InChI=1S/C8H17N3O2/c1-6(4-9)3-7(12)11-5-8(13)10-2/h6H,3-5,9H2,1-2H3,(H,10,13)(H,11,12). The highest BCUT2D eigenvalue weighted by Gasteiger charge is 2.07.